The monoisotopic (exact) mass is 328 g/mol. The number of hydrogen-bond donors (Lipinski definition) is 1. The molecule has 0 saturated carbocycles. The van der Waals surface area contributed by atoms with Gasteiger partial charge in [-0.1, -0.05) is 29.5 Å². The molecular weight excluding hydrogens is 316 g/mol. The van der Waals surface area contributed by atoms with Crippen molar-refractivity contribution in [3.05, 3.63) is 62.9 Å². The van der Waals surface area contributed by atoms with Gasteiger partial charge in [0, 0.05) is 18.7 Å². The molecule has 0 bridgehead atoms. The largest absolute Gasteiger partial charge is 0.502 e. The standard InChI is InChI=1S/C15H12N4O3S/c1-18-11-6-2-3-8-13(11)23-15(18)17-16-9-10-5-4-7-12(14(10)20)19(21)22/h2-9,20H,1H3/b16-9+,17-15?. The number of aromatic nitrogens is 1. The summed E-state index contributed by atoms with van der Waals surface area (Å²) < 4.78 is 2.99. The summed E-state index contributed by atoms with van der Waals surface area (Å²) in [5.74, 6) is -0.419. The number of aromatic hydroxyl groups is 1. The van der Waals surface area contributed by atoms with Crippen LogP contribution < -0.4 is 4.80 Å². The first kappa shape index (κ1) is 14.9. The highest BCUT2D eigenvalue weighted by Crippen LogP contribution is 2.27. The number of phenols is 1. The van der Waals surface area contributed by atoms with Gasteiger partial charge in [0.15, 0.2) is 0 Å². The minimum absolute atomic E-state index is 0.242. The van der Waals surface area contributed by atoms with Gasteiger partial charge >= 0.3 is 5.69 Å². The van der Waals surface area contributed by atoms with Gasteiger partial charge < -0.3 is 9.67 Å². The first-order valence-corrected chi connectivity index (χ1v) is 7.47. The Balaban J connectivity index is 1.99. The number of nitrogens with zero attached hydrogens (tertiary/aromatic N) is 4. The average molecular weight is 328 g/mol. The minimum Gasteiger partial charge on any atom is -0.502 e. The van der Waals surface area contributed by atoms with Crippen LogP contribution in [-0.2, 0) is 7.05 Å². The van der Waals surface area contributed by atoms with E-state index in [0.29, 0.717) is 4.80 Å². The number of benzene rings is 2. The average Bonchev–Trinajstić information content (AvgIpc) is 2.85. The third kappa shape index (κ3) is 2.84. The summed E-state index contributed by atoms with van der Waals surface area (Å²) in [7, 11) is 1.89. The summed E-state index contributed by atoms with van der Waals surface area (Å²) in [6.07, 6.45) is 1.30. The fraction of sp³-hybridized carbons (Fsp3) is 0.0667. The molecule has 3 rings (SSSR count). The van der Waals surface area contributed by atoms with E-state index in [1.54, 1.807) is 0 Å². The molecule has 0 unspecified atom stereocenters. The third-order valence-corrected chi connectivity index (χ3v) is 4.40. The molecule has 1 heterocycles. The molecule has 1 aromatic heterocycles. The highest BCUT2D eigenvalue weighted by atomic mass is 32.1. The van der Waals surface area contributed by atoms with Gasteiger partial charge in [0.1, 0.15) is 0 Å². The number of thiazole rings is 1. The Kier molecular flexibility index (Phi) is 3.90. The molecule has 0 aliphatic heterocycles. The summed E-state index contributed by atoms with van der Waals surface area (Å²) in [4.78, 5) is 10.8. The van der Waals surface area contributed by atoms with Crippen molar-refractivity contribution in [3.63, 3.8) is 0 Å². The lowest BCUT2D eigenvalue weighted by molar-refractivity contribution is -0.385. The van der Waals surface area contributed by atoms with Gasteiger partial charge in [-0.05, 0) is 18.2 Å². The molecule has 8 heteroatoms. The number of rotatable bonds is 3. The van der Waals surface area contributed by atoms with Crippen LogP contribution in [0.3, 0.4) is 0 Å². The number of nitro groups is 1. The van der Waals surface area contributed by atoms with Crippen LogP contribution in [0, 0.1) is 10.1 Å². The number of aryl methyl sites for hydroxylation is 1. The van der Waals surface area contributed by atoms with E-state index in [2.05, 4.69) is 10.2 Å². The zero-order valence-electron chi connectivity index (χ0n) is 12.1. The first-order valence-electron chi connectivity index (χ1n) is 6.66. The van der Waals surface area contributed by atoms with Gasteiger partial charge in [-0.2, -0.15) is 5.10 Å². The van der Waals surface area contributed by atoms with Gasteiger partial charge in [-0.3, -0.25) is 10.1 Å². The van der Waals surface area contributed by atoms with E-state index in [4.69, 9.17) is 0 Å². The quantitative estimate of drug-likeness (QED) is 0.455. The van der Waals surface area contributed by atoms with Crippen molar-refractivity contribution in [1.82, 2.24) is 4.57 Å². The SMILES string of the molecule is Cn1c(=N/N=C/c2cccc([N+](=O)[O-])c2O)sc2ccccc21. The highest BCUT2D eigenvalue weighted by Gasteiger charge is 2.14. The zero-order valence-corrected chi connectivity index (χ0v) is 12.9. The van der Waals surface area contributed by atoms with Crippen molar-refractivity contribution >= 4 is 33.5 Å². The van der Waals surface area contributed by atoms with Gasteiger partial charge in [-0.25, -0.2) is 0 Å². The van der Waals surface area contributed by atoms with Crippen molar-refractivity contribution in [3.8, 4) is 5.75 Å². The first-order chi connectivity index (χ1) is 11.1. The van der Waals surface area contributed by atoms with E-state index in [0.717, 1.165) is 10.2 Å². The van der Waals surface area contributed by atoms with Crippen LogP contribution in [0.15, 0.2) is 52.7 Å². The number of nitro benzene ring substituents is 1. The molecular formula is C15H12N4O3S. The van der Waals surface area contributed by atoms with Crippen molar-refractivity contribution < 1.29 is 10.0 Å². The predicted molar refractivity (Wildman–Crippen MR) is 88.7 cm³/mol. The van der Waals surface area contributed by atoms with Gasteiger partial charge in [-0.15, -0.1) is 5.10 Å². The van der Waals surface area contributed by atoms with E-state index in [9.17, 15) is 15.2 Å². The van der Waals surface area contributed by atoms with Crippen LogP contribution in [0.2, 0.25) is 0 Å². The Morgan fingerprint density at radius 3 is 2.78 bits per heavy atom. The Hall–Kier alpha value is -3.00. The summed E-state index contributed by atoms with van der Waals surface area (Å²) in [5, 5.41) is 28.7. The van der Waals surface area contributed by atoms with Crippen LogP contribution in [0.25, 0.3) is 10.2 Å². The molecule has 0 amide bonds. The van der Waals surface area contributed by atoms with Crippen LogP contribution in [0.5, 0.6) is 5.75 Å². The molecule has 116 valence electrons. The molecule has 1 N–H and O–H groups in total. The smallest absolute Gasteiger partial charge is 0.311 e. The van der Waals surface area contributed by atoms with Crippen LogP contribution in [-0.4, -0.2) is 20.8 Å². The summed E-state index contributed by atoms with van der Waals surface area (Å²) in [6.45, 7) is 0. The molecule has 0 aliphatic carbocycles. The Morgan fingerprint density at radius 1 is 1.26 bits per heavy atom. The van der Waals surface area contributed by atoms with Gasteiger partial charge in [0.05, 0.1) is 21.4 Å². The normalized spacial score (nSPS) is 12.3. The topological polar surface area (TPSA) is 93.0 Å². The molecule has 7 nitrogen and oxygen atoms in total. The number of fused-ring (bicyclic) bond motifs is 1. The van der Waals surface area contributed by atoms with Crippen molar-refractivity contribution in [1.29, 1.82) is 0 Å². The summed E-state index contributed by atoms with van der Waals surface area (Å²) in [5.41, 5.74) is 0.928. The molecule has 3 aromatic rings. The van der Waals surface area contributed by atoms with Crippen LogP contribution in [0.4, 0.5) is 5.69 Å². The molecule has 0 radical (unpaired) electrons. The maximum Gasteiger partial charge on any atom is 0.311 e. The lowest BCUT2D eigenvalue weighted by Gasteiger charge is -1.98. The van der Waals surface area contributed by atoms with Crippen molar-refractivity contribution in [2.75, 3.05) is 0 Å². The van der Waals surface area contributed by atoms with E-state index >= 15 is 0 Å². The van der Waals surface area contributed by atoms with Gasteiger partial charge in [0.25, 0.3) is 0 Å². The number of phenolic OH excluding ortho intramolecular Hbond substituents is 1. The molecule has 0 fully saturated rings. The number of para-hydroxylation sites is 2. The van der Waals surface area contributed by atoms with E-state index in [1.807, 2.05) is 35.9 Å². The van der Waals surface area contributed by atoms with Crippen molar-refractivity contribution in [2.45, 2.75) is 0 Å². The molecule has 0 atom stereocenters. The lowest BCUT2D eigenvalue weighted by Crippen LogP contribution is -2.08. The third-order valence-electron chi connectivity index (χ3n) is 3.30. The lowest BCUT2D eigenvalue weighted by atomic mass is 10.2. The van der Waals surface area contributed by atoms with Crippen molar-refractivity contribution in [2.24, 2.45) is 17.3 Å². The fourth-order valence-corrected chi connectivity index (χ4v) is 3.09. The van der Waals surface area contributed by atoms with E-state index in [-0.39, 0.29) is 11.3 Å². The molecule has 23 heavy (non-hydrogen) atoms. The second-order valence-corrected chi connectivity index (χ2v) is 5.74. The van der Waals surface area contributed by atoms with Crippen LogP contribution in [0.1, 0.15) is 5.56 Å². The Bertz CT molecular complexity index is 988. The van der Waals surface area contributed by atoms with Gasteiger partial charge in [0.2, 0.25) is 10.6 Å². The highest BCUT2D eigenvalue weighted by molar-refractivity contribution is 7.16. The Labute approximate surface area is 134 Å². The fourth-order valence-electron chi connectivity index (χ4n) is 2.12. The molecule has 0 spiro atoms. The maximum atomic E-state index is 10.8. The van der Waals surface area contributed by atoms with E-state index < -0.39 is 10.7 Å². The second-order valence-electron chi connectivity index (χ2n) is 4.73. The zero-order chi connectivity index (χ0) is 16.4. The minimum atomic E-state index is -0.643. The van der Waals surface area contributed by atoms with E-state index in [1.165, 1.54) is 35.8 Å². The van der Waals surface area contributed by atoms with Crippen LogP contribution >= 0.6 is 11.3 Å². The molecule has 2 aromatic carbocycles. The Morgan fingerprint density at radius 2 is 2.04 bits per heavy atom. The second kappa shape index (κ2) is 6.01. The molecule has 0 saturated heterocycles. The summed E-state index contributed by atoms with van der Waals surface area (Å²) in [6, 6.07) is 12.1. The molecule has 0 aliphatic rings. The maximum absolute atomic E-state index is 10.8. The summed E-state index contributed by atoms with van der Waals surface area (Å²) >= 11 is 1.48. The predicted octanol–water partition coefficient (Wildman–Crippen LogP) is 2.79. The number of hydrogen-bond acceptors (Lipinski definition) is 6.